The van der Waals surface area contributed by atoms with E-state index in [2.05, 4.69) is 10.5 Å². The van der Waals surface area contributed by atoms with E-state index in [0.29, 0.717) is 9.21 Å². The molecule has 0 aliphatic heterocycles. The largest absolute Gasteiger partial charge is 0.409 e. The summed E-state index contributed by atoms with van der Waals surface area (Å²) < 4.78 is 0.583. The quantitative estimate of drug-likeness (QED) is 0.344. The maximum absolute atomic E-state index is 12.0. The van der Waals surface area contributed by atoms with Crippen LogP contribution in [-0.4, -0.2) is 23.0 Å². The van der Waals surface area contributed by atoms with E-state index in [9.17, 15) is 4.79 Å². The minimum absolute atomic E-state index is 0.0747. The summed E-state index contributed by atoms with van der Waals surface area (Å²) in [5, 5.41) is 14.6. The topological polar surface area (TPSA) is 87.7 Å². The highest BCUT2D eigenvalue weighted by Gasteiger charge is 2.32. The van der Waals surface area contributed by atoms with Crippen molar-refractivity contribution in [2.24, 2.45) is 16.8 Å². The van der Waals surface area contributed by atoms with Crippen LogP contribution in [0.4, 0.5) is 0 Å². The third-order valence-electron chi connectivity index (χ3n) is 3.12. The smallest absolute Gasteiger partial charge is 0.261 e. The molecule has 7 heteroatoms. The molecular formula is C11H14ClN3O2S. The number of amides is 1. The first-order valence-corrected chi connectivity index (χ1v) is 6.85. The summed E-state index contributed by atoms with van der Waals surface area (Å²) in [6.45, 7) is 0. The standard InChI is InChI=1S/C11H14ClN3O2S/c12-9-5-4-8(18-9)11(16)14-7-3-1-2-6(7)10(13)15-17/h4-7,17H,1-3H2,(H2,13,15)(H,14,16). The van der Waals surface area contributed by atoms with E-state index >= 15 is 0 Å². The third kappa shape index (κ3) is 2.76. The van der Waals surface area contributed by atoms with Crippen molar-refractivity contribution in [2.75, 3.05) is 0 Å². The van der Waals surface area contributed by atoms with Gasteiger partial charge < -0.3 is 16.3 Å². The number of thiophene rings is 1. The second-order valence-electron chi connectivity index (χ2n) is 4.25. The van der Waals surface area contributed by atoms with Gasteiger partial charge in [-0.15, -0.1) is 11.3 Å². The number of oxime groups is 1. The van der Waals surface area contributed by atoms with Crippen LogP contribution in [0.5, 0.6) is 0 Å². The Morgan fingerprint density at radius 2 is 2.33 bits per heavy atom. The number of hydrogen-bond acceptors (Lipinski definition) is 4. The fourth-order valence-electron chi connectivity index (χ4n) is 2.24. The average molecular weight is 288 g/mol. The van der Waals surface area contributed by atoms with Gasteiger partial charge in [-0.25, -0.2) is 0 Å². The summed E-state index contributed by atoms with van der Waals surface area (Å²) in [6, 6.07) is 3.31. The Kier molecular flexibility index (Phi) is 4.08. The lowest BCUT2D eigenvalue weighted by molar-refractivity contribution is 0.0937. The number of nitrogens with zero attached hydrogens (tertiary/aromatic N) is 1. The van der Waals surface area contributed by atoms with Gasteiger partial charge in [0.15, 0.2) is 0 Å². The highest BCUT2D eigenvalue weighted by atomic mass is 35.5. The Labute approximate surface area is 114 Å². The van der Waals surface area contributed by atoms with E-state index in [0.717, 1.165) is 19.3 Å². The van der Waals surface area contributed by atoms with E-state index in [1.807, 2.05) is 0 Å². The number of nitrogens with two attached hydrogens (primary N) is 1. The van der Waals surface area contributed by atoms with E-state index in [1.54, 1.807) is 12.1 Å². The van der Waals surface area contributed by atoms with Crippen molar-refractivity contribution in [3.8, 4) is 0 Å². The van der Waals surface area contributed by atoms with Gasteiger partial charge >= 0.3 is 0 Å². The zero-order valence-electron chi connectivity index (χ0n) is 9.60. The molecule has 2 unspecified atom stereocenters. The number of rotatable bonds is 3. The molecule has 1 fully saturated rings. The fraction of sp³-hybridized carbons (Fsp3) is 0.455. The summed E-state index contributed by atoms with van der Waals surface area (Å²) >= 11 is 7.03. The molecule has 1 aliphatic rings. The third-order valence-corrected chi connectivity index (χ3v) is 4.35. The molecule has 98 valence electrons. The lowest BCUT2D eigenvalue weighted by Crippen LogP contribution is -2.42. The minimum Gasteiger partial charge on any atom is -0.409 e. The summed E-state index contributed by atoms with van der Waals surface area (Å²) in [6.07, 6.45) is 2.62. The van der Waals surface area contributed by atoms with E-state index in [1.165, 1.54) is 11.3 Å². The number of carbonyl (C=O) groups excluding carboxylic acids is 1. The molecular weight excluding hydrogens is 274 g/mol. The van der Waals surface area contributed by atoms with Crippen LogP contribution in [0, 0.1) is 5.92 Å². The molecule has 0 radical (unpaired) electrons. The number of carbonyl (C=O) groups is 1. The Bertz CT molecular complexity index is 475. The van der Waals surface area contributed by atoms with Crippen molar-refractivity contribution >= 4 is 34.7 Å². The molecule has 4 N–H and O–H groups in total. The van der Waals surface area contributed by atoms with E-state index in [4.69, 9.17) is 22.5 Å². The van der Waals surface area contributed by atoms with E-state index in [-0.39, 0.29) is 23.7 Å². The molecule has 1 amide bonds. The highest BCUT2D eigenvalue weighted by molar-refractivity contribution is 7.17. The summed E-state index contributed by atoms with van der Waals surface area (Å²) in [4.78, 5) is 12.5. The van der Waals surface area contributed by atoms with Gasteiger partial charge in [-0.05, 0) is 25.0 Å². The number of halogens is 1. The maximum Gasteiger partial charge on any atom is 0.261 e. The molecule has 2 atom stereocenters. The predicted molar refractivity (Wildman–Crippen MR) is 71.3 cm³/mol. The molecule has 2 rings (SSSR count). The SMILES string of the molecule is NC(=NO)C1CCCC1NC(=O)c1ccc(Cl)s1. The van der Waals surface area contributed by atoms with Gasteiger partial charge in [0.1, 0.15) is 5.84 Å². The lowest BCUT2D eigenvalue weighted by Gasteiger charge is -2.19. The Balaban J connectivity index is 2.03. The Hall–Kier alpha value is -1.27. The first kappa shape index (κ1) is 13.2. The first-order valence-electron chi connectivity index (χ1n) is 5.65. The van der Waals surface area contributed by atoms with Crippen LogP contribution in [0.1, 0.15) is 28.9 Å². The summed E-state index contributed by atoms with van der Waals surface area (Å²) in [5.41, 5.74) is 5.62. The molecule has 0 saturated heterocycles. The summed E-state index contributed by atoms with van der Waals surface area (Å²) in [7, 11) is 0. The van der Waals surface area contributed by atoms with Gasteiger partial charge in [0.25, 0.3) is 5.91 Å². The molecule has 1 aromatic rings. The molecule has 1 heterocycles. The van der Waals surface area contributed by atoms with Crippen LogP contribution >= 0.6 is 22.9 Å². The van der Waals surface area contributed by atoms with Crippen LogP contribution < -0.4 is 11.1 Å². The predicted octanol–water partition coefficient (Wildman–Crippen LogP) is 2.05. The molecule has 1 aliphatic carbocycles. The maximum atomic E-state index is 12.0. The molecule has 0 aromatic carbocycles. The van der Waals surface area contributed by atoms with Crippen LogP contribution in [0.25, 0.3) is 0 Å². The molecule has 0 bridgehead atoms. The zero-order chi connectivity index (χ0) is 13.1. The molecule has 0 spiro atoms. The Morgan fingerprint density at radius 1 is 1.56 bits per heavy atom. The van der Waals surface area contributed by atoms with Crippen LogP contribution in [0.3, 0.4) is 0 Å². The van der Waals surface area contributed by atoms with Crippen LogP contribution in [-0.2, 0) is 0 Å². The van der Waals surface area contributed by atoms with Gasteiger partial charge in [-0.3, -0.25) is 4.79 Å². The zero-order valence-corrected chi connectivity index (χ0v) is 11.2. The van der Waals surface area contributed by atoms with Crippen LogP contribution in [0.2, 0.25) is 4.34 Å². The van der Waals surface area contributed by atoms with Crippen molar-refractivity contribution in [3.63, 3.8) is 0 Å². The monoisotopic (exact) mass is 287 g/mol. The van der Waals surface area contributed by atoms with Crippen molar-refractivity contribution in [1.29, 1.82) is 0 Å². The van der Waals surface area contributed by atoms with Crippen molar-refractivity contribution in [1.82, 2.24) is 5.32 Å². The fourth-order valence-corrected chi connectivity index (χ4v) is 3.18. The molecule has 1 aromatic heterocycles. The Morgan fingerprint density at radius 3 is 2.94 bits per heavy atom. The van der Waals surface area contributed by atoms with Crippen molar-refractivity contribution < 1.29 is 10.0 Å². The van der Waals surface area contributed by atoms with Gasteiger partial charge in [-0.2, -0.15) is 0 Å². The lowest BCUT2D eigenvalue weighted by atomic mass is 10.0. The molecule has 5 nitrogen and oxygen atoms in total. The van der Waals surface area contributed by atoms with Gasteiger partial charge in [0.2, 0.25) is 0 Å². The van der Waals surface area contributed by atoms with Crippen LogP contribution in [0.15, 0.2) is 17.3 Å². The average Bonchev–Trinajstić information content (AvgIpc) is 2.97. The van der Waals surface area contributed by atoms with Gasteiger partial charge in [-0.1, -0.05) is 23.2 Å². The summed E-state index contributed by atoms with van der Waals surface area (Å²) in [5.74, 6) is -0.0639. The highest BCUT2D eigenvalue weighted by Crippen LogP contribution is 2.27. The van der Waals surface area contributed by atoms with Gasteiger partial charge in [0.05, 0.1) is 9.21 Å². The van der Waals surface area contributed by atoms with Gasteiger partial charge in [0, 0.05) is 12.0 Å². The number of amidine groups is 1. The molecule has 18 heavy (non-hydrogen) atoms. The normalized spacial score (nSPS) is 24.2. The first-order chi connectivity index (χ1) is 8.61. The number of hydrogen-bond donors (Lipinski definition) is 3. The van der Waals surface area contributed by atoms with Crippen molar-refractivity contribution in [3.05, 3.63) is 21.3 Å². The minimum atomic E-state index is -0.158. The second-order valence-corrected chi connectivity index (χ2v) is 5.96. The van der Waals surface area contributed by atoms with E-state index < -0.39 is 0 Å². The second kappa shape index (κ2) is 5.58. The number of nitrogens with one attached hydrogen (secondary N) is 1. The van der Waals surface area contributed by atoms with Crippen molar-refractivity contribution in [2.45, 2.75) is 25.3 Å². The molecule has 1 saturated carbocycles.